The highest BCUT2D eigenvalue weighted by molar-refractivity contribution is 7.26. The van der Waals surface area contributed by atoms with E-state index < -0.39 is 0 Å². The van der Waals surface area contributed by atoms with Crippen LogP contribution in [0.5, 0.6) is 0 Å². The van der Waals surface area contributed by atoms with Crippen molar-refractivity contribution in [2.75, 3.05) is 0 Å². The topological polar surface area (TPSA) is 26.3 Å². The number of benzene rings is 6. The Bertz CT molecular complexity index is 2200. The van der Waals surface area contributed by atoms with Crippen LogP contribution >= 0.6 is 11.3 Å². The molecule has 0 saturated heterocycles. The molecule has 6 aromatic carbocycles. The van der Waals surface area contributed by atoms with Crippen molar-refractivity contribution in [3.8, 4) is 22.6 Å². The Morgan fingerprint density at radius 1 is 0.410 bits per heavy atom. The molecule has 3 heterocycles. The number of hydrogen-bond donors (Lipinski definition) is 0. The fourth-order valence-corrected chi connectivity index (χ4v) is 7.45. The van der Waals surface area contributed by atoms with Crippen molar-refractivity contribution in [3.05, 3.63) is 122 Å². The molecule has 0 aliphatic rings. The van der Waals surface area contributed by atoms with Gasteiger partial charge in [-0.25, -0.2) is 0 Å². The summed E-state index contributed by atoms with van der Waals surface area (Å²) >= 11 is 1.84. The van der Waals surface area contributed by atoms with Crippen LogP contribution in [-0.4, -0.2) is 0 Å². The molecule has 2 nitrogen and oxygen atoms in total. The van der Waals surface area contributed by atoms with Crippen LogP contribution in [0.4, 0.5) is 0 Å². The summed E-state index contributed by atoms with van der Waals surface area (Å²) in [6.07, 6.45) is 3.51. The van der Waals surface area contributed by atoms with E-state index in [9.17, 15) is 0 Å². The highest BCUT2D eigenvalue weighted by atomic mass is 32.1. The summed E-state index contributed by atoms with van der Waals surface area (Å²) in [7, 11) is 0. The molecular formula is C36H20O2S. The van der Waals surface area contributed by atoms with E-state index >= 15 is 0 Å². The first-order chi connectivity index (χ1) is 19.3. The molecule has 0 amide bonds. The summed E-state index contributed by atoms with van der Waals surface area (Å²) in [5, 5.41) is 12.5. The van der Waals surface area contributed by atoms with Crippen LogP contribution in [0.3, 0.4) is 0 Å². The zero-order valence-electron chi connectivity index (χ0n) is 20.8. The summed E-state index contributed by atoms with van der Waals surface area (Å²) in [5.41, 5.74) is 2.25. The number of rotatable bonds is 2. The van der Waals surface area contributed by atoms with Gasteiger partial charge in [-0.2, -0.15) is 0 Å². The van der Waals surface area contributed by atoms with Crippen LogP contribution in [-0.2, 0) is 0 Å². The summed E-state index contributed by atoms with van der Waals surface area (Å²) < 4.78 is 14.4. The molecule has 0 atom stereocenters. The van der Waals surface area contributed by atoms with Crippen LogP contribution in [0.15, 0.2) is 131 Å². The Morgan fingerprint density at radius 3 is 1.21 bits per heavy atom. The lowest BCUT2D eigenvalue weighted by atomic mass is 9.91. The van der Waals surface area contributed by atoms with E-state index in [4.69, 9.17) is 8.83 Å². The van der Waals surface area contributed by atoms with Crippen molar-refractivity contribution in [2.24, 2.45) is 0 Å². The van der Waals surface area contributed by atoms with Gasteiger partial charge in [-0.3, -0.25) is 0 Å². The van der Waals surface area contributed by atoms with Gasteiger partial charge in [0.25, 0.3) is 0 Å². The highest BCUT2D eigenvalue weighted by Crippen LogP contribution is 2.48. The average Bonchev–Trinajstić information content (AvgIpc) is 3.75. The summed E-state index contributed by atoms with van der Waals surface area (Å²) in [6, 6.07) is 39.3. The Balaban J connectivity index is 1.54. The molecule has 9 rings (SSSR count). The molecule has 3 heteroatoms. The fourth-order valence-electron chi connectivity index (χ4n) is 6.23. The second-order valence-electron chi connectivity index (χ2n) is 10.1. The van der Waals surface area contributed by atoms with Gasteiger partial charge in [0.05, 0.1) is 12.5 Å². The zero-order chi connectivity index (χ0) is 25.5. The Hall–Kier alpha value is -4.86. The molecule has 0 radical (unpaired) electrons. The Morgan fingerprint density at radius 2 is 0.821 bits per heavy atom. The van der Waals surface area contributed by atoms with E-state index in [-0.39, 0.29) is 0 Å². The molecule has 0 N–H and O–H groups in total. The summed E-state index contributed by atoms with van der Waals surface area (Å²) in [5.74, 6) is 1.78. The third kappa shape index (κ3) is 3.02. The standard InChI is InChI=1S/C36H20O2S/c1-3-9-23-17-29-25(15-21(23)7-1)27(31-11-5-13-37-31)19-33-35(29)36-30-18-24-10-4-2-8-22(24)16-26(30)28(20-34(36)39-33)32-12-6-14-38-32/h1-20H. The first-order valence-corrected chi connectivity index (χ1v) is 13.9. The molecule has 0 bridgehead atoms. The second-order valence-corrected chi connectivity index (χ2v) is 11.2. The van der Waals surface area contributed by atoms with Crippen molar-refractivity contribution in [3.63, 3.8) is 0 Å². The average molecular weight is 517 g/mol. The van der Waals surface area contributed by atoms with Gasteiger partial charge < -0.3 is 8.83 Å². The smallest absolute Gasteiger partial charge is 0.134 e. The molecule has 0 aliphatic carbocycles. The number of furan rings is 2. The number of thiophene rings is 1. The molecule has 0 saturated carbocycles. The summed E-state index contributed by atoms with van der Waals surface area (Å²) in [6.45, 7) is 0. The minimum atomic E-state index is 0.891. The quantitative estimate of drug-likeness (QED) is 0.214. The number of hydrogen-bond acceptors (Lipinski definition) is 3. The zero-order valence-corrected chi connectivity index (χ0v) is 21.6. The second kappa shape index (κ2) is 7.83. The highest BCUT2D eigenvalue weighted by Gasteiger charge is 2.20. The molecule has 39 heavy (non-hydrogen) atoms. The van der Waals surface area contributed by atoms with E-state index in [1.165, 1.54) is 63.3 Å². The molecule has 0 fully saturated rings. The van der Waals surface area contributed by atoms with Gasteiger partial charge in [0.2, 0.25) is 0 Å². The third-order valence-corrected chi connectivity index (χ3v) is 9.06. The van der Waals surface area contributed by atoms with Crippen LogP contribution in [0, 0.1) is 0 Å². The molecule has 0 aliphatic heterocycles. The van der Waals surface area contributed by atoms with Gasteiger partial charge in [0, 0.05) is 31.3 Å². The van der Waals surface area contributed by atoms with Gasteiger partial charge >= 0.3 is 0 Å². The monoisotopic (exact) mass is 516 g/mol. The van der Waals surface area contributed by atoms with E-state index in [0.29, 0.717) is 0 Å². The molecule has 182 valence electrons. The van der Waals surface area contributed by atoms with Crippen LogP contribution in [0.1, 0.15) is 0 Å². The van der Waals surface area contributed by atoms with Crippen molar-refractivity contribution in [1.82, 2.24) is 0 Å². The van der Waals surface area contributed by atoms with E-state index in [2.05, 4.69) is 97.1 Å². The largest absolute Gasteiger partial charge is 0.464 e. The predicted octanol–water partition coefficient (Wildman–Crippen LogP) is 11.2. The first kappa shape index (κ1) is 21.1. The lowest BCUT2D eigenvalue weighted by Gasteiger charge is -2.12. The lowest BCUT2D eigenvalue weighted by Crippen LogP contribution is -1.85. The van der Waals surface area contributed by atoms with Crippen molar-refractivity contribution in [1.29, 1.82) is 0 Å². The third-order valence-electron chi connectivity index (χ3n) is 7.98. The van der Waals surface area contributed by atoms with Crippen LogP contribution < -0.4 is 0 Å². The summed E-state index contributed by atoms with van der Waals surface area (Å²) in [4.78, 5) is 0. The fraction of sp³-hybridized carbons (Fsp3) is 0. The minimum Gasteiger partial charge on any atom is -0.464 e. The first-order valence-electron chi connectivity index (χ1n) is 13.1. The van der Waals surface area contributed by atoms with E-state index in [0.717, 1.165) is 22.6 Å². The maximum atomic E-state index is 5.94. The van der Waals surface area contributed by atoms with Gasteiger partial charge in [0.15, 0.2) is 0 Å². The number of fused-ring (bicyclic) bond motifs is 9. The molecule has 0 unspecified atom stereocenters. The van der Waals surface area contributed by atoms with Crippen LogP contribution in [0.2, 0.25) is 0 Å². The van der Waals surface area contributed by atoms with Gasteiger partial charge in [-0.1, -0.05) is 48.5 Å². The Kier molecular flexibility index (Phi) is 4.24. The maximum absolute atomic E-state index is 5.94. The molecule has 0 spiro atoms. The molecular weight excluding hydrogens is 496 g/mol. The minimum absolute atomic E-state index is 0.891. The molecule has 9 aromatic rings. The van der Waals surface area contributed by atoms with Gasteiger partial charge in [0.1, 0.15) is 11.5 Å². The van der Waals surface area contributed by atoms with Gasteiger partial charge in [-0.05, 0) is 104 Å². The van der Waals surface area contributed by atoms with Crippen LogP contribution in [0.25, 0.3) is 85.9 Å². The lowest BCUT2D eigenvalue weighted by molar-refractivity contribution is 0.583. The SMILES string of the molecule is c1coc(-c2cc3sc4cc(-c5ccco5)c5cc6ccccc6cc5c4c3c3cc4ccccc4cc23)c1. The van der Waals surface area contributed by atoms with E-state index in [1.807, 2.05) is 23.5 Å². The van der Waals surface area contributed by atoms with E-state index in [1.54, 1.807) is 12.5 Å². The molecule has 3 aromatic heterocycles. The van der Waals surface area contributed by atoms with Gasteiger partial charge in [-0.15, -0.1) is 11.3 Å². The maximum Gasteiger partial charge on any atom is 0.134 e. The van der Waals surface area contributed by atoms with Crippen molar-refractivity contribution >= 4 is 74.6 Å². The Labute approximate surface area is 227 Å². The normalized spacial score (nSPS) is 12.1. The van der Waals surface area contributed by atoms with Crippen molar-refractivity contribution < 1.29 is 8.83 Å². The predicted molar refractivity (Wildman–Crippen MR) is 165 cm³/mol. The van der Waals surface area contributed by atoms with Crippen molar-refractivity contribution in [2.45, 2.75) is 0 Å².